The zero-order valence-electron chi connectivity index (χ0n) is 14.2. The normalized spacial score (nSPS) is 14.0. The van der Waals surface area contributed by atoms with Gasteiger partial charge in [-0.2, -0.15) is 0 Å². The van der Waals surface area contributed by atoms with E-state index in [-0.39, 0.29) is 11.9 Å². The van der Waals surface area contributed by atoms with Crippen molar-refractivity contribution in [2.24, 2.45) is 11.8 Å². The smallest absolute Gasteiger partial charge is 0.308 e. The van der Waals surface area contributed by atoms with Gasteiger partial charge >= 0.3 is 5.97 Å². The van der Waals surface area contributed by atoms with Crippen LogP contribution in [0.3, 0.4) is 0 Å². The monoisotopic (exact) mass is 284 g/mol. The summed E-state index contributed by atoms with van der Waals surface area (Å²) in [7, 11) is 0. The van der Waals surface area contributed by atoms with E-state index in [1.54, 1.807) is 0 Å². The highest BCUT2D eigenvalue weighted by molar-refractivity contribution is 5.72. The van der Waals surface area contributed by atoms with Gasteiger partial charge in [0.25, 0.3) is 0 Å². The number of carbonyl (C=O) groups is 1. The molecule has 0 aromatic heterocycles. The molecule has 0 amide bonds. The quantitative estimate of drug-likeness (QED) is 0.318. The van der Waals surface area contributed by atoms with E-state index in [1.807, 2.05) is 0 Å². The fraction of sp³-hybridized carbons (Fsp3) is 0.944. The minimum atomic E-state index is 0.0536. The van der Waals surface area contributed by atoms with E-state index in [0.29, 0.717) is 12.5 Å². The van der Waals surface area contributed by atoms with Crippen molar-refractivity contribution in [3.63, 3.8) is 0 Å². The van der Waals surface area contributed by atoms with Gasteiger partial charge in [-0.3, -0.25) is 4.79 Å². The Morgan fingerprint density at radius 2 is 1.55 bits per heavy atom. The van der Waals surface area contributed by atoms with Crippen molar-refractivity contribution in [2.75, 3.05) is 6.61 Å². The molecule has 2 unspecified atom stereocenters. The number of rotatable bonds is 13. The molecule has 2 atom stereocenters. The maximum absolute atomic E-state index is 12.2. The number of unbranched alkanes of at least 4 members (excludes halogenated alkanes) is 3. The van der Waals surface area contributed by atoms with Crippen LogP contribution in [0.4, 0.5) is 0 Å². The Kier molecular flexibility index (Phi) is 13.1. The molecule has 0 bridgehead atoms. The van der Waals surface area contributed by atoms with Crippen LogP contribution in [-0.4, -0.2) is 12.6 Å². The number of carbonyl (C=O) groups excluding carboxylic acids is 1. The van der Waals surface area contributed by atoms with Crippen LogP contribution in [0.5, 0.6) is 0 Å². The second-order valence-electron chi connectivity index (χ2n) is 6.03. The molecule has 0 aliphatic carbocycles. The standard InChI is InChI=1S/C18H36O2/c1-5-9-11-14-17(12-7-3)18(19)20-15-16(8-4)13-10-6-2/h16-17H,5-15H2,1-4H3. The second kappa shape index (κ2) is 13.5. The molecule has 120 valence electrons. The highest BCUT2D eigenvalue weighted by Crippen LogP contribution is 2.19. The van der Waals surface area contributed by atoms with Crippen molar-refractivity contribution in [1.29, 1.82) is 0 Å². The lowest BCUT2D eigenvalue weighted by Gasteiger charge is -2.19. The third-order valence-corrected chi connectivity index (χ3v) is 4.13. The Morgan fingerprint density at radius 1 is 0.850 bits per heavy atom. The summed E-state index contributed by atoms with van der Waals surface area (Å²) >= 11 is 0. The minimum absolute atomic E-state index is 0.0536. The van der Waals surface area contributed by atoms with Gasteiger partial charge in [-0.15, -0.1) is 0 Å². The third-order valence-electron chi connectivity index (χ3n) is 4.13. The maximum atomic E-state index is 12.2. The zero-order chi connectivity index (χ0) is 15.2. The summed E-state index contributed by atoms with van der Waals surface area (Å²) in [5.74, 6) is 0.741. The number of ether oxygens (including phenoxy) is 1. The number of hydrogen-bond acceptors (Lipinski definition) is 2. The molecule has 0 radical (unpaired) electrons. The molecule has 0 aromatic rings. The largest absolute Gasteiger partial charge is 0.465 e. The summed E-state index contributed by atoms with van der Waals surface area (Å²) in [5.41, 5.74) is 0. The van der Waals surface area contributed by atoms with Crippen LogP contribution in [0, 0.1) is 11.8 Å². The molecule has 2 heteroatoms. The summed E-state index contributed by atoms with van der Waals surface area (Å²) < 4.78 is 5.60. The molecule has 0 aromatic carbocycles. The van der Waals surface area contributed by atoms with Crippen LogP contribution in [0.1, 0.15) is 91.9 Å². The predicted molar refractivity (Wildman–Crippen MR) is 86.8 cm³/mol. The molecular formula is C18H36O2. The first-order chi connectivity index (χ1) is 9.69. The van der Waals surface area contributed by atoms with Gasteiger partial charge in [0.2, 0.25) is 0 Å². The summed E-state index contributed by atoms with van der Waals surface area (Å²) in [4.78, 5) is 12.2. The van der Waals surface area contributed by atoms with Crippen molar-refractivity contribution >= 4 is 5.97 Å². The van der Waals surface area contributed by atoms with E-state index in [2.05, 4.69) is 27.7 Å². The van der Waals surface area contributed by atoms with Gasteiger partial charge in [0.15, 0.2) is 0 Å². The Hall–Kier alpha value is -0.530. The van der Waals surface area contributed by atoms with Gasteiger partial charge in [-0.1, -0.05) is 72.6 Å². The second-order valence-corrected chi connectivity index (χ2v) is 6.03. The molecule has 0 aliphatic heterocycles. The first kappa shape index (κ1) is 19.5. The molecule has 0 heterocycles. The van der Waals surface area contributed by atoms with Crippen LogP contribution in [0.25, 0.3) is 0 Å². The van der Waals surface area contributed by atoms with Crippen molar-refractivity contribution < 1.29 is 9.53 Å². The van der Waals surface area contributed by atoms with E-state index in [4.69, 9.17) is 4.74 Å². The molecule has 0 aliphatic rings. The van der Waals surface area contributed by atoms with Gasteiger partial charge in [-0.25, -0.2) is 0 Å². The predicted octanol–water partition coefficient (Wildman–Crippen LogP) is 5.74. The lowest BCUT2D eigenvalue weighted by atomic mass is 9.96. The molecule has 0 spiro atoms. The Bertz CT molecular complexity index is 225. The van der Waals surface area contributed by atoms with Crippen LogP contribution < -0.4 is 0 Å². The lowest BCUT2D eigenvalue weighted by Crippen LogP contribution is -2.21. The molecule has 0 rings (SSSR count). The van der Waals surface area contributed by atoms with Gasteiger partial charge in [0.1, 0.15) is 0 Å². The van der Waals surface area contributed by atoms with Gasteiger partial charge in [-0.05, 0) is 25.2 Å². The Labute approximate surface area is 126 Å². The first-order valence-electron chi connectivity index (χ1n) is 8.86. The van der Waals surface area contributed by atoms with Crippen molar-refractivity contribution in [2.45, 2.75) is 91.9 Å². The minimum Gasteiger partial charge on any atom is -0.465 e. The SMILES string of the molecule is CCCCCC(CCC)C(=O)OCC(CC)CCCC. The number of esters is 1. The Morgan fingerprint density at radius 3 is 2.10 bits per heavy atom. The van der Waals surface area contributed by atoms with E-state index < -0.39 is 0 Å². The summed E-state index contributed by atoms with van der Waals surface area (Å²) in [6.07, 6.45) is 11.4. The topological polar surface area (TPSA) is 26.3 Å². The average Bonchev–Trinajstić information content (AvgIpc) is 2.46. The van der Waals surface area contributed by atoms with E-state index in [0.717, 1.165) is 32.1 Å². The molecule has 2 nitrogen and oxygen atoms in total. The Balaban J connectivity index is 4.08. The van der Waals surface area contributed by atoms with Gasteiger partial charge in [0.05, 0.1) is 12.5 Å². The fourth-order valence-electron chi connectivity index (χ4n) is 2.59. The van der Waals surface area contributed by atoms with Crippen molar-refractivity contribution in [1.82, 2.24) is 0 Å². The fourth-order valence-corrected chi connectivity index (χ4v) is 2.59. The number of hydrogen-bond donors (Lipinski definition) is 0. The summed E-state index contributed by atoms with van der Waals surface area (Å²) in [6, 6.07) is 0. The summed E-state index contributed by atoms with van der Waals surface area (Å²) in [6.45, 7) is 9.38. The lowest BCUT2D eigenvalue weighted by molar-refractivity contribution is -0.150. The first-order valence-corrected chi connectivity index (χ1v) is 8.86. The van der Waals surface area contributed by atoms with Crippen molar-refractivity contribution in [3.05, 3.63) is 0 Å². The van der Waals surface area contributed by atoms with Crippen LogP contribution in [0.15, 0.2) is 0 Å². The van der Waals surface area contributed by atoms with E-state index in [9.17, 15) is 4.79 Å². The highest BCUT2D eigenvalue weighted by Gasteiger charge is 2.19. The van der Waals surface area contributed by atoms with Gasteiger partial charge < -0.3 is 4.74 Å². The molecule has 0 fully saturated rings. The van der Waals surface area contributed by atoms with Gasteiger partial charge in [0, 0.05) is 0 Å². The molecule has 0 N–H and O–H groups in total. The van der Waals surface area contributed by atoms with Crippen molar-refractivity contribution in [3.8, 4) is 0 Å². The van der Waals surface area contributed by atoms with Crippen LogP contribution in [0.2, 0.25) is 0 Å². The molecular weight excluding hydrogens is 248 g/mol. The third kappa shape index (κ3) is 9.39. The maximum Gasteiger partial charge on any atom is 0.308 e. The van der Waals surface area contributed by atoms with Crippen LogP contribution >= 0.6 is 0 Å². The molecule has 0 saturated heterocycles. The zero-order valence-corrected chi connectivity index (χ0v) is 14.2. The van der Waals surface area contributed by atoms with E-state index >= 15 is 0 Å². The van der Waals surface area contributed by atoms with Crippen LogP contribution in [-0.2, 0) is 9.53 Å². The molecule has 0 saturated carbocycles. The van der Waals surface area contributed by atoms with E-state index in [1.165, 1.54) is 32.1 Å². The summed E-state index contributed by atoms with van der Waals surface area (Å²) in [5, 5.41) is 0. The average molecular weight is 284 g/mol. The highest BCUT2D eigenvalue weighted by atomic mass is 16.5. The molecule has 20 heavy (non-hydrogen) atoms.